The van der Waals surface area contributed by atoms with Crippen LogP contribution in [-0.4, -0.2) is 50.1 Å². The lowest BCUT2D eigenvalue weighted by Gasteiger charge is -2.30. The van der Waals surface area contributed by atoms with Gasteiger partial charge in [0, 0.05) is 45.7 Å². The summed E-state index contributed by atoms with van der Waals surface area (Å²) in [6.45, 7) is 5.67. The van der Waals surface area contributed by atoms with Crippen LogP contribution >= 0.6 is 0 Å². The first-order valence-corrected chi connectivity index (χ1v) is 8.86. The third-order valence-corrected chi connectivity index (χ3v) is 4.89. The number of hydrogen-bond acceptors (Lipinski definition) is 4. The molecule has 1 amide bonds. The van der Waals surface area contributed by atoms with E-state index in [0.29, 0.717) is 6.42 Å². The summed E-state index contributed by atoms with van der Waals surface area (Å²) in [5, 5.41) is 3.27. The maximum atomic E-state index is 12.2. The van der Waals surface area contributed by atoms with Gasteiger partial charge in [0.05, 0.1) is 11.4 Å². The summed E-state index contributed by atoms with van der Waals surface area (Å²) < 4.78 is 0. The smallest absolute Gasteiger partial charge is 0.222 e. The highest BCUT2D eigenvalue weighted by Gasteiger charge is 2.17. The van der Waals surface area contributed by atoms with E-state index < -0.39 is 0 Å². The van der Waals surface area contributed by atoms with E-state index in [1.807, 2.05) is 4.90 Å². The molecule has 0 bridgehead atoms. The van der Waals surface area contributed by atoms with Crippen LogP contribution in [0.2, 0.25) is 0 Å². The molecule has 126 valence electrons. The minimum atomic E-state index is 0.255. The molecule has 2 aliphatic rings. The summed E-state index contributed by atoms with van der Waals surface area (Å²) in [5.41, 5.74) is 9.42. The Kier molecular flexibility index (Phi) is 5.39. The fraction of sp³-hybridized carbons (Fsp3) is 0.611. The van der Waals surface area contributed by atoms with Crippen LogP contribution in [0, 0.1) is 0 Å². The molecule has 0 unspecified atom stereocenters. The van der Waals surface area contributed by atoms with Crippen molar-refractivity contribution in [2.45, 2.75) is 32.1 Å². The van der Waals surface area contributed by atoms with Gasteiger partial charge in [0.1, 0.15) is 0 Å². The van der Waals surface area contributed by atoms with Crippen LogP contribution in [-0.2, 0) is 11.2 Å². The van der Waals surface area contributed by atoms with E-state index in [0.717, 1.165) is 62.6 Å². The van der Waals surface area contributed by atoms with E-state index in [4.69, 9.17) is 5.73 Å². The minimum absolute atomic E-state index is 0.255. The molecule has 2 heterocycles. The lowest BCUT2D eigenvalue weighted by atomic mass is 10.0. The molecule has 0 atom stereocenters. The first-order chi connectivity index (χ1) is 11.2. The van der Waals surface area contributed by atoms with Crippen molar-refractivity contribution in [2.24, 2.45) is 0 Å². The van der Waals surface area contributed by atoms with Crippen LogP contribution in [0.5, 0.6) is 0 Å². The molecule has 0 saturated carbocycles. The van der Waals surface area contributed by atoms with Crippen LogP contribution in [0.1, 0.15) is 31.2 Å². The van der Waals surface area contributed by atoms with Crippen LogP contribution in [0.25, 0.3) is 0 Å². The third kappa shape index (κ3) is 4.16. The fourth-order valence-corrected chi connectivity index (χ4v) is 3.51. The molecule has 1 aromatic carbocycles. The second kappa shape index (κ2) is 7.68. The van der Waals surface area contributed by atoms with Gasteiger partial charge < -0.3 is 20.9 Å². The van der Waals surface area contributed by atoms with Crippen molar-refractivity contribution in [1.82, 2.24) is 10.2 Å². The van der Waals surface area contributed by atoms with Crippen molar-refractivity contribution < 1.29 is 4.79 Å². The highest BCUT2D eigenvalue weighted by Crippen LogP contribution is 2.27. The zero-order valence-electron chi connectivity index (χ0n) is 13.9. The molecule has 5 nitrogen and oxygen atoms in total. The molecule has 5 heteroatoms. The van der Waals surface area contributed by atoms with Gasteiger partial charge in [-0.1, -0.05) is 6.07 Å². The summed E-state index contributed by atoms with van der Waals surface area (Å²) in [4.78, 5) is 16.6. The lowest BCUT2D eigenvalue weighted by molar-refractivity contribution is -0.131. The standard InChI is InChI=1S/C18H28N4O/c19-16-14-15(4-6-17(16)21-10-2-1-3-11-21)5-7-18(23)22-12-8-20-9-13-22/h4,6,14,20H,1-3,5,7-13,19H2. The predicted molar refractivity (Wildman–Crippen MR) is 94.7 cm³/mol. The average Bonchev–Trinajstić information content (AvgIpc) is 2.61. The van der Waals surface area contributed by atoms with E-state index in [-0.39, 0.29) is 5.91 Å². The van der Waals surface area contributed by atoms with Gasteiger partial charge in [0.2, 0.25) is 5.91 Å². The van der Waals surface area contributed by atoms with Gasteiger partial charge in [-0.3, -0.25) is 4.79 Å². The minimum Gasteiger partial charge on any atom is -0.397 e. The molecule has 3 rings (SSSR count). The quantitative estimate of drug-likeness (QED) is 0.829. The van der Waals surface area contributed by atoms with Gasteiger partial charge in [-0.2, -0.15) is 0 Å². The Balaban J connectivity index is 1.56. The third-order valence-electron chi connectivity index (χ3n) is 4.89. The zero-order chi connectivity index (χ0) is 16.1. The van der Waals surface area contributed by atoms with Gasteiger partial charge in [0.25, 0.3) is 0 Å². The Bertz CT molecular complexity index is 534. The molecular formula is C18H28N4O. The first-order valence-electron chi connectivity index (χ1n) is 8.86. The number of amides is 1. The van der Waals surface area contributed by atoms with Gasteiger partial charge in [-0.15, -0.1) is 0 Å². The summed E-state index contributed by atoms with van der Waals surface area (Å²) >= 11 is 0. The summed E-state index contributed by atoms with van der Waals surface area (Å²) in [5.74, 6) is 0.255. The number of carbonyl (C=O) groups excluding carboxylic acids is 1. The number of piperidine rings is 1. The maximum Gasteiger partial charge on any atom is 0.222 e. The zero-order valence-corrected chi connectivity index (χ0v) is 13.9. The maximum absolute atomic E-state index is 12.2. The Morgan fingerprint density at radius 1 is 1.09 bits per heavy atom. The van der Waals surface area contributed by atoms with E-state index in [9.17, 15) is 4.79 Å². The van der Waals surface area contributed by atoms with E-state index in [1.54, 1.807) is 0 Å². The van der Waals surface area contributed by atoms with Crippen LogP contribution in [0.3, 0.4) is 0 Å². The van der Waals surface area contributed by atoms with Crippen molar-refractivity contribution >= 4 is 17.3 Å². The largest absolute Gasteiger partial charge is 0.397 e. The highest BCUT2D eigenvalue weighted by atomic mass is 16.2. The summed E-state index contributed by atoms with van der Waals surface area (Å²) in [7, 11) is 0. The molecule has 2 saturated heterocycles. The monoisotopic (exact) mass is 316 g/mol. The van der Waals surface area contributed by atoms with Crippen molar-refractivity contribution in [3.63, 3.8) is 0 Å². The van der Waals surface area contributed by atoms with E-state index in [1.165, 1.54) is 19.3 Å². The number of rotatable bonds is 4. The molecule has 23 heavy (non-hydrogen) atoms. The number of benzene rings is 1. The highest BCUT2D eigenvalue weighted by molar-refractivity contribution is 5.77. The van der Waals surface area contributed by atoms with Gasteiger partial charge in [-0.05, 0) is 43.4 Å². The molecule has 0 radical (unpaired) electrons. The Labute approximate surface area is 138 Å². The fourth-order valence-electron chi connectivity index (χ4n) is 3.51. The molecule has 2 fully saturated rings. The van der Waals surface area contributed by atoms with Crippen molar-refractivity contribution in [2.75, 3.05) is 49.9 Å². The molecule has 0 spiro atoms. The number of nitrogens with two attached hydrogens (primary N) is 1. The summed E-state index contributed by atoms with van der Waals surface area (Å²) in [6, 6.07) is 6.31. The number of aryl methyl sites for hydroxylation is 1. The number of hydrogen-bond donors (Lipinski definition) is 2. The number of nitrogens with one attached hydrogen (secondary N) is 1. The molecule has 0 aromatic heterocycles. The second-order valence-corrected chi connectivity index (χ2v) is 6.57. The first kappa shape index (κ1) is 16.1. The number of nitrogen functional groups attached to an aromatic ring is 1. The molecular weight excluding hydrogens is 288 g/mol. The van der Waals surface area contributed by atoms with E-state index >= 15 is 0 Å². The van der Waals surface area contributed by atoms with Crippen molar-refractivity contribution in [1.29, 1.82) is 0 Å². The second-order valence-electron chi connectivity index (χ2n) is 6.57. The molecule has 2 aliphatic heterocycles. The van der Waals surface area contributed by atoms with Gasteiger partial charge in [0.15, 0.2) is 0 Å². The number of carbonyl (C=O) groups is 1. The van der Waals surface area contributed by atoms with Crippen molar-refractivity contribution in [3.05, 3.63) is 23.8 Å². The molecule has 0 aliphatic carbocycles. The van der Waals surface area contributed by atoms with Crippen LogP contribution < -0.4 is 16.0 Å². The average molecular weight is 316 g/mol. The van der Waals surface area contributed by atoms with Gasteiger partial charge in [-0.25, -0.2) is 0 Å². The topological polar surface area (TPSA) is 61.6 Å². The van der Waals surface area contributed by atoms with Crippen LogP contribution in [0.4, 0.5) is 11.4 Å². The lowest BCUT2D eigenvalue weighted by Crippen LogP contribution is -2.46. The Morgan fingerprint density at radius 2 is 1.83 bits per heavy atom. The van der Waals surface area contributed by atoms with Crippen LogP contribution in [0.15, 0.2) is 18.2 Å². The molecule has 1 aromatic rings. The molecule has 3 N–H and O–H groups in total. The van der Waals surface area contributed by atoms with Gasteiger partial charge >= 0.3 is 0 Å². The number of nitrogens with zero attached hydrogens (tertiary/aromatic N) is 2. The number of anilines is 2. The predicted octanol–water partition coefficient (Wildman–Crippen LogP) is 1.62. The number of piperazine rings is 1. The Morgan fingerprint density at radius 3 is 2.52 bits per heavy atom. The van der Waals surface area contributed by atoms with Crippen molar-refractivity contribution in [3.8, 4) is 0 Å². The normalized spacial score (nSPS) is 19.0. The van der Waals surface area contributed by atoms with E-state index in [2.05, 4.69) is 28.4 Å². The SMILES string of the molecule is Nc1cc(CCC(=O)N2CCNCC2)ccc1N1CCCCC1. The Hall–Kier alpha value is -1.75. The summed E-state index contributed by atoms with van der Waals surface area (Å²) in [6.07, 6.45) is 5.17.